The number of Topliss-reactive ketones (excluding diaryl/α,β-unsaturated/α-hetero) is 1. The van der Waals surface area contributed by atoms with Gasteiger partial charge in [0, 0.05) is 0 Å². The Morgan fingerprint density at radius 2 is 2.38 bits per heavy atom. The molecule has 0 unspecified atom stereocenters. The van der Waals surface area contributed by atoms with Gasteiger partial charge in [0.05, 0.1) is 4.43 Å². The summed E-state index contributed by atoms with van der Waals surface area (Å²) in [5.41, 5.74) is 0.166. The lowest BCUT2D eigenvalue weighted by Gasteiger charge is -1.87. The largest absolute Gasteiger partial charge is 0.411 e. The summed E-state index contributed by atoms with van der Waals surface area (Å²) >= 11 is 1.91. The van der Waals surface area contributed by atoms with Crippen molar-refractivity contribution in [1.29, 1.82) is 0 Å². The first-order valence-electron chi connectivity index (χ1n) is 2.00. The van der Waals surface area contributed by atoms with E-state index in [2.05, 4.69) is 5.16 Å². The summed E-state index contributed by atoms with van der Waals surface area (Å²) in [4.78, 5) is 10.4. The van der Waals surface area contributed by atoms with E-state index in [4.69, 9.17) is 5.21 Å². The van der Waals surface area contributed by atoms with Crippen LogP contribution in [0.3, 0.4) is 0 Å². The summed E-state index contributed by atoms with van der Waals surface area (Å²) in [5.74, 6) is -0.131. The third kappa shape index (κ3) is 2.25. The normalized spacial score (nSPS) is 11.5. The molecule has 0 radical (unpaired) electrons. The molecule has 0 saturated carbocycles. The number of halogens is 1. The molecule has 4 heteroatoms. The molecule has 46 valence electrons. The molecule has 0 aromatic rings. The zero-order chi connectivity index (χ0) is 6.57. The molecule has 0 aromatic heterocycles. The Balaban J connectivity index is 3.83. The van der Waals surface area contributed by atoms with Crippen molar-refractivity contribution in [3.63, 3.8) is 0 Å². The third-order valence-corrected chi connectivity index (χ3v) is 1.37. The molecule has 0 bridgehead atoms. The standard InChI is InChI=1S/C4H6INO2/c1-3(6-8)4(7)2-5/h8H,2H2,1H3. The molecule has 8 heavy (non-hydrogen) atoms. The van der Waals surface area contributed by atoms with Gasteiger partial charge in [-0.25, -0.2) is 0 Å². The van der Waals surface area contributed by atoms with E-state index in [0.29, 0.717) is 4.43 Å². The maximum absolute atomic E-state index is 10.4. The van der Waals surface area contributed by atoms with Gasteiger partial charge in [-0.05, 0) is 6.92 Å². The fourth-order valence-electron chi connectivity index (χ4n) is 0.152. The average Bonchev–Trinajstić information content (AvgIpc) is 1.84. The summed E-state index contributed by atoms with van der Waals surface area (Å²) in [5, 5.41) is 10.7. The molecule has 3 nitrogen and oxygen atoms in total. The molecule has 0 amide bonds. The quantitative estimate of drug-likeness (QED) is 0.250. The smallest absolute Gasteiger partial charge is 0.189 e. The number of rotatable bonds is 2. The van der Waals surface area contributed by atoms with E-state index < -0.39 is 0 Å². The predicted molar refractivity (Wildman–Crippen MR) is 38.8 cm³/mol. The molecule has 0 aliphatic carbocycles. The van der Waals surface area contributed by atoms with Crippen molar-refractivity contribution < 1.29 is 10.0 Å². The summed E-state index contributed by atoms with van der Waals surface area (Å²) in [6, 6.07) is 0. The average molecular weight is 227 g/mol. The minimum absolute atomic E-state index is 0.131. The second kappa shape index (κ2) is 3.82. The Kier molecular flexibility index (Phi) is 3.76. The van der Waals surface area contributed by atoms with E-state index >= 15 is 0 Å². The van der Waals surface area contributed by atoms with E-state index in [9.17, 15) is 4.79 Å². The number of alkyl halides is 1. The van der Waals surface area contributed by atoms with E-state index in [-0.39, 0.29) is 11.5 Å². The van der Waals surface area contributed by atoms with Gasteiger partial charge in [-0.3, -0.25) is 4.79 Å². The first-order chi connectivity index (χ1) is 3.72. The van der Waals surface area contributed by atoms with Gasteiger partial charge in [-0.1, -0.05) is 27.7 Å². The number of carbonyl (C=O) groups excluding carboxylic acids is 1. The fourth-order valence-corrected chi connectivity index (χ4v) is 0.704. The van der Waals surface area contributed by atoms with Gasteiger partial charge in [-0.2, -0.15) is 0 Å². The van der Waals surface area contributed by atoms with E-state index in [1.54, 1.807) is 0 Å². The van der Waals surface area contributed by atoms with Crippen LogP contribution in [0.5, 0.6) is 0 Å². The molecule has 1 N–H and O–H groups in total. The van der Waals surface area contributed by atoms with Gasteiger partial charge in [0.1, 0.15) is 5.71 Å². The van der Waals surface area contributed by atoms with Crippen LogP contribution in [0, 0.1) is 0 Å². The number of nitrogens with zero attached hydrogens (tertiary/aromatic N) is 1. The van der Waals surface area contributed by atoms with Crippen molar-refractivity contribution in [3.8, 4) is 0 Å². The van der Waals surface area contributed by atoms with Gasteiger partial charge >= 0.3 is 0 Å². The number of ketones is 1. The fraction of sp³-hybridized carbons (Fsp3) is 0.500. The Labute approximate surface area is 60.9 Å². The van der Waals surface area contributed by atoms with Crippen LogP contribution in [0.25, 0.3) is 0 Å². The first-order valence-corrected chi connectivity index (χ1v) is 3.52. The first kappa shape index (κ1) is 7.87. The third-order valence-electron chi connectivity index (χ3n) is 0.675. The minimum Gasteiger partial charge on any atom is -0.411 e. The zero-order valence-corrected chi connectivity index (χ0v) is 6.55. The van der Waals surface area contributed by atoms with Crippen LogP contribution in [0.2, 0.25) is 0 Å². The van der Waals surface area contributed by atoms with Crippen LogP contribution in [-0.2, 0) is 4.79 Å². The van der Waals surface area contributed by atoms with Gasteiger partial charge in [-0.15, -0.1) is 0 Å². The van der Waals surface area contributed by atoms with Crippen LogP contribution >= 0.6 is 22.6 Å². The highest BCUT2D eigenvalue weighted by Crippen LogP contribution is 1.85. The van der Waals surface area contributed by atoms with E-state index in [0.717, 1.165) is 0 Å². The molecule has 0 rings (SSSR count). The molecule has 0 aliphatic heterocycles. The van der Waals surface area contributed by atoms with Gasteiger partial charge < -0.3 is 5.21 Å². The highest BCUT2D eigenvalue weighted by Gasteiger charge is 2.01. The molecule has 0 fully saturated rings. The number of hydrogen-bond donors (Lipinski definition) is 1. The topological polar surface area (TPSA) is 49.7 Å². The molecule has 0 saturated heterocycles. The number of oxime groups is 1. The van der Waals surface area contributed by atoms with Gasteiger partial charge in [0.25, 0.3) is 0 Å². The van der Waals surface area contributed by atoms with Crippen molar-refractivity contribution in [3.05, 3.63) is 0 Å². The number of carbonyl (C=O) groups is 1. The molecular formula is C4H6INO2. The van der Waals surface area contributed by atoms with Crippen LogP contribution in [0.4, 0.5) is 0 Å². The lowest BCUT2D eigenvalue weighted by molar-refractivity contribution is -0.110. The molecule has 0 atom stereocenters. The summed E-state index contributed by atoms with van der Waals surface area (Å²) < 4.78 is 0.369. The second-order valence-electron chi connectivity index (χ2n) is 1.24. The monoisotopic (exact) mass is 227 g/mol. The van der Waals surface area contributed by atoms with Crippen molar-refractivity contribution in [2.24, 2.45) is 5.16 Å². The van der Waals surface area contributed by atoms with Crippen LogP contribution in [0.15, 0.2) is 5.16 Å². The molecule has 0 aromatic carbocycles. The molecule has 0 heterocycles. The summed E-state index contributed by atoms with van der Waals surface area (Å²) in [7, 11) is 0. The Bertz CT molecular complexity index is 121. The van der Waals surface area contributed by atoms with Crippen molar-refractivity contribution in [2.45, 2.75) is 6.92 Å². The Morgan fingerprint density at radius 3 is 2.50 bits per heavy atom. The molecule has 0 spiro atoms. The summed E-state index contributed by atoms with van der Waals surface area (Å²) in [6.07, 6.45) is 0. The van der Waals surface area contributed by atoms with E-state index in [1.165, 1.54) is 6.92 Å². The Morgan fingerprint density at radius 1 is 1.88 bits per heavy atom. The van der Waals surface area contributed by atoms with Crippen molar-refractivity contribution in [2.75, 3.05) is 4.43 Å². The van der Waals surface area contributed by atoms with Crippen LogP contribution < -0.4 is 0 Å². The lowest BCUT2D eigenvalue weighted by atomic mass is 10.3. The zero-order valence-electron chi connectivity index (χ0n) is 4.39. The van der Waals surface area contributed by atoms with Gasteiger partial charge in [0.2, 0.25) is 0 Å². The summed E-state index contributed by atoms with van der Waals surface area (Å²) in [6.45, 7) is 1.47. The lowest BCUT2D eigenvalue weighted by Crippen LogP contribution is -2.10. The van der Waals surface area contributed by atoms with Crippen LogP contribution in [-0.4, -0.2) is 21.1 Å². The second-order valence-corrected chi connectivity index (χ2v) is 2.01. The highest BCUT2D eigenvalue weighted by atomic mass is 127. The number of hydrogen-bond acceptors (Lipinski definition) is 3. The maximum atomic E-state index is 10.4. The van der Waals surface area contributed by atoms with E-state index in [1.807, 2.05) is 22.6 Å². The Hall–Kier alpha value is -0.130. The SMILES string of the molecule is CC(=NO)C(=O)CI. The van der Waals surface area contributed by atoms with Crippen LogP contribution in [0.1, 0.15) is 6.92 Å². The maximum Gasteiger partial charge on any atom is 0.189 e. The van der Waals surface area contributed by atoms with Crippen molar-refractivity contribution in [1.82, 2.24) is 0 Å². The van der Waals surface area contributed by atoms with Gasteiger partial charge in [0.15, 0.2) is 5.78 Å². The predicted octanol–water partition coefficient (Wildman–Crippen LogP) is 0.841. The highest BCUT2D eigenvalue weighted by molar-refractivity contribution is 14.1. The molecular weight excluding hydrogens is 221 g/mol. The van der Waals surface area contributed by atoms with Crippen molar-refractivity contribution >= 4 is 34.1 Å². The molecule has 0 aliphatic rings. The minimum atomic E-state index is -0.131.